The number of hydrogen-bond donors (Lipinski definition) is 2. The van der Waals surface area contributed by atoms with Crippen LogP contribution in [0.4, 0.5) is 14.0 Å². The summed E-state index contributed by atoms with van der Waals surface area (Å²) in [4.78, 5) is 65.7. The van der Waals surface area contributed by atoms with Crippen LogP contribution < -0.4 is 11.1 Å². The molecule has 2 aliphatic rings. The molecule has 0 bridgehead atoms. The first-order valence-corrected chi connectivity index (χ1v) is 12.7. The van der Waals surface area contributed by atoms with Crippen LogP contribution in [0.2, 0.25) is 0 Å². The van der Waals surface area contributed by atoms with E-state index in [0.29, 0.717) is 16.7 Å². The fraction of sp³-hybridized carbons (Fsp3) is 0.519. The van der Waals surface area contributed by atoms with Gasteiger partial charge < -0.3 is 25.4 Å². The van der Waals surface area contributed by atoms with Crippen LogP contribution in [0, 0.1) is 5.82 Å². The molecule has 1 fully saturated rings. The molecule has 12 heteroatoms. The number of fused-ring (bicyclic) bond motifs is 1. The first-order chi connectivity index (χ1) is 18.2. The van der Waals surface area contributed by atoms with E-state index in [0.717, 1.165) is 4.90 Å². The Hall–Kier alpha value is -3.96. The second-order valence-electron chi connectivity index (χ2n) is 10.8. The predicted octanol–water partition coefficient (Wildman–Crippen LogP) is 2.55. The number of ketones is 1. The number of carbonyl (C=O) groups excluding carboxylic acids is 5. The van der Waals surface area contributed by atoms with Gasteiger partial charge in [0.05, 0.1) is 13.1 Å². The number of rotatable bonds is 8. The van der Waals surface area contributed by atoms with Crippen LogP contribution in [0.15, 0.2) is 30.4 Å². The monoisotopic (exact) mass is 546 g/mol. The Morgan fingerprint density at radius 3 is 2.49 bits per heavy atom. The van der Waals surface area contributed by atoms with E-state index in [1.807, 2.05) is 0 Å². The summed E-state index contributed by atoms with van der Waals surface area (Å²) in [6, 6.07) is 2.28. The normalized spacial score (nSPS) is 19.2. The molecule has 1 aromatic rings. The Kier molecular flexibility index (Phi) is 8.98. The Bertz CT molecular complexity index is 1180. The smallest absolute Gasteiger partial charge is 0.410 e. The van der Waals surface area contributed by atoms with E-state index in [1.165, 1.54) is 17.9 Å². The molecule has 3 atom stereocenters. The lowest BCUT2D eigenvalue weighted by Crippen LogP contribution is -2.53. The topological polar surface area (TPSA) is 148 Å². The molecule has 3 N–H and O–H groups in total. The van der Waals surface area contributed by atoms with Gasteiger partial charge in [0, 0.05) is 24.9 Å². The zero-order valence-corrected chi connectivity index (χ0v) is 22.6. The molecule has 1 saturated heterocycles. The van der Waals surface area contributed by atoms with Gasteiger partial charge in [-0.3, -0.25) is 19.3 Å². The first kappa shape index (κ1) is 29.6. The van der Waals surface area contributed by atoms with Gasteiger partial charge in [-0.1, -0.05) is 18.7 Å². The van der Waals surface area contributed by atoms with Gasteiger partial charge in [0.2, 0.25) is 11.8 Å². The average Bonchev–Trinajstić information content (AvgIpc) is 3.45. The minimum Gasteiger partial charge on any atom is -0.444 e. The van der Waals surface area contributed by atoms with Gasteiger partial charge >= 0.3 is 12.2 Å². The number of amides is 4. The predicted molar refractivity (Wildman–Crippen MR) is 137 cm³/mol. The molecular formula is C27H35FN4O7. The third-order valence-corrected chi connectivity index (χ3v) is 6.45. The SMILES string of the molecule is C=C(C)C(=O)CC[C@H](NC(=O)OC(C)(C)C)C(=O)N1CC(OC(=O)N2Cc3cccc(F)c3C2)CC1C(N)=O. The summed E-state index contributed by atoms with van der Waals surface area (Å²) in [5.74, 6) is -2.19. The highest BCUT2D eigenvalue weighted by molar-refractivity contribution is 5.95. The second-order valence-corrected chi connectivity index (χ2v) is 10.8. The van der Waals surface area contributed by atoms with Gasteiger partial charge in [0.25, 0.3) is 0 Å². The maximum absolute atomic E-state index is 14.1. The summed E-state index contributed by atoms with van der Waals surface area (Å²) in [6.07, 6.45) is -2.67. The van der Waals surface area contributed by atoms with Crippen molar-refractivity contribution in [1.29, 1.82) is 0 Å². The van der Waals surface area contributed by atoms with Crippen molar-refractivity contribution in [2.24, 2.45) is 5.73 Å². The zero-order chi connectivity index (χ0) is 29.1. The van der Waals surface area contributed by atoms with E-state index < -0.39 is 53.6 Å². The number of likely N-dealkylation sites (tertiary alicyclic amines) is 1. The standard InChI is InChI=1S/C27H35FN4O7/c1-15(2)22(33)10-9-20(30-25(36)39-27(3,4)5)24(35)32-13-17(11-21(32)23(29)34)38-26(37)31-12-16-7-6-8-19(28)18(16)14-31/h6-8,17,20-21H,1,9-14H2,2-5H3,(H2,29,34)(H,30,36)/t17?,20-,21?/m0/s1. The number of alkyl carbamates (subject to hydrolysis) is 1. The van der Waals surface area contributed by atoms with Crippen molar-refractivity contribution in [1.82, 2.24) is 15.1 Å². The number of nitrogens with one attached hydrogen (secondary N) is 1. The van der Waals surface area contributed by atoms with E-state index in [9.17, 15) is 28.4 Å². The van der Waals surface area contributed by atoms with Crippen LogP contribution >= 0.6 is 0 Å². The summed E-state index contributed by atoms with van der Waals surface area (Å²) < 4.78 is 24.9. The van der Waals surface area contributed by atoms with Crippen molar-refractivity contribution in [3.63, 3.8) is 0 Å². The lowest BCUT2D eigenvalue weighted by Gasteiger charge is -2.28. The summed E-state index contributed by atoms with van der Waals surface area (Å²) in [6.45, 7) is 10.1. The number of Topliss-reactive ketones (excluding diaryl/α,β-unsaturated/α-hetero) is 1. The number of benzene rings is 1. The van der Waals surface area contributed by atoms with E-state index in [1.54, 1.807) is 32.9 Å². The minimum absolute atomic E-state index is 0.0358. The molecule has 212 valence electrons. The Morgan fingerprint density at radius 2 is 1.90 bits per heavy atom. The maximum Gasteiger partial charge on any atom is 0.410 e. The number of nitrogens with two attached hydrogens (primary N) is 1. The summed E-state index contributed by atoms with van der Waals surface area (Å²) >= 11 is 0. The van der Waals surface area contributed by atoms with Crippen molar-refractivity contribution >= 4 is 29.8 Å². The van der Waals surface area contributed by atoms with Crippen LogP contribution in [0.1, 0.15) is 58.1 Å². The average molecular weight is 547 g/mol. The molecule has 0 aliphatic carbocycles. The van der Waals surface area contributed by atoms with Gasteiger partial charge in [0.15, 0.2) is 5.78 Å². The number of ether oxygens (including phenoxy) is 2. The highest BCUT2D eigenvalue weighted by Gasteiger charge is 2.43. The van der Waals surface area contributed by atoms with Crippen LogP contribution in [0.3, 0.4) is 0 Å². The van der Waals surface area contributed by atoms with Gasteiger partial charge in [-0.2, -0.15) is 0 Å². The number of allylic oxidation sites excluding steroid dienone is 1. The second kappa shape index (κ2) is 11.8. The molecule has 11 nitrogen and oxygen atoms in total. The quantitative estimate of drug-likeness (QED) is 0.476. The van der Waals surface area contributed by atoms with Crippen molar-refractivity contribution in [3.05, 3.63) is 47.3 Å². The van der Waals surface area contributed by atoms with E-state index in [-0.39, 0.29) is 44.7 Å². The molecule has 0 saturated carbocycles. The number of carbonyl (C=O) groups is 5. The number of halogens is 1. The number of hydrogen-bond acceptors (Lipinski definition) is 7. The zero-order valence-electron chi connectivity index (χ0n) is 22.6. The molecule has 3 rings (SSSR count). The summed E-state index contributed by atoms with van der Waals surface area (Å²) in [7, 11) is 0. The Balaban J connectivity index is 1.71. The van der Waals surface area contributed by atoms with E-state index >= 15 is 0 Å². The van der Waals surface area contributed by atoms with Crippen LogP contribution in [-0.4, -0.2) is 69.9 Å². The third kappa shape index (κ3) is 7.55. The molecule has 2 heterocycles. The van der Waals surface area contributed by atoms with Gasteiger partial charge in [-0.05, 0) is 51.3 Å². The molecule has 39 heavy (non-hydrogen) atoms. The molecule has 0 radical (unpaired) electrons. The van der Waals surface area contributed by atoms with Gasteiger partial charge in [-0.25, -0.2) is 14.0 Å². The van der Waals surface area contributed by atoms with Crippen LogP contribution in [0.25, 0.3) is 0 Å². The molecule has 0 aromatic heterocycles. The summed E-state index contributed by atoms with van der Waals surface area (Å²) in [5.41, 5.74) is 6.10. The molecule has 2 aliphatic heterocycles. The Labute approximate surface area is 226 Å². The molecular weight excluding hydrogens is 511 g/mol. The lowest BCUT2D eigenvalue weighted by molar-refractivity contribution is -0.139. The van der Waals surface area contributed by atoms with Crippen molar-refractivity contribution in [3.8, 4) is 0 Å². The highest BCUT2D eigenvalue weighted by Crippen LogP contribution is 2.28. The first-order valence-electron chi connectivity index (χ1n) is 12.7. The largest absolute Gasteiger partial charge is 0.444 e. The molecule has 1 aromatic carbocycles. The van der Waals surface area contributed by atoms with Crippen LogP contribution in [-0.2, 0) is 36.9 Å². The number of nitrogens with zero attached hydrogens (tertiary/aromatic N) is 2. The van der Waals surface area contributed by atoms with Crippen LogP contribution in [0.5, 0.6) is 0 Å². The highest BCUT2D eigenvalue weighted by atomic mass is 19.1. The van der Waals surface area contributed by atoms with Crippen molar-refractivity contribution in [2.75, 3.05) is 6.54 Å². The van der Waals surface area contributed by atoms with E-state index in [2.05, 4.69) is 11.9 Å². The van der Waals surface area contributed by atoms with Gasteiger partial charge in [0.1, 0.15) is 29.6 Å². The third-order valence-electron chi connectivity index (χ3n) is 6.45. The van der Waals surface area contributed by atoms with Crippen molar-refractivity contribution < 1.29 is 37.8 Å². The Morgan fingerprint density at radius 1 is 1.21 bits per heavy atom. The van der Waals surface area contributed by atoms with Gasteiger partial charge in [-0.15, -0.1) is 0 Å². The maximum atomic E-state index is 14.1. The molecule has 0 spiro atoms. The summed E-state index contributed by atoms with van der Waals surface area (Å²) in [5, 5.41) is 2.48. The molecule has 2 unspecified atom stereocenters. The fourth-order valence-corrected chi connectivity index (χ4v) is 4.52. The molecule has 4 amide bonds. The van der Waals surface area contributed by atoms with Crippen molar-refractivity contribution in [2.45, 2.75) is 83.8 Å². The van der Waals surface area contributed by atoms with E-state index in [4.69, 9.17) is 15.2 Å². The fourth-order valence-electron chi connectivity index (χ4n) is 4.52. The number of primary amides is 1. The minimum atomic E-state index is -1.21. The lowest BCUT2D eigenvalue weighted by atomic mass is 10.0.